The van der Waals surface area contributed by atoms with Gasteiger partial charge in [0.15, 0.2) is 0 Å². The second-order valence-electron chi connectivity index (χ2n) is 4.84. The second-order valence-corrected chi connectivity index (χ2v) is 4.84. The lowest BCUT2D eigenvalue weighted by molar-refractivity contribution is 0.0952. The Bertz CT molecular complexity index is 607. The van der Waals surface area contributed by atoms with E-state index in [0.29, 0.717) is 12.1 Å². The number of aromatic nitrogens is 2. The van der Waals surface area contributed by atoms with Crippen LogP contribution in [-0.4, -0.2) is 22.6 Å². The molecule has 1 aromatic carbocycles. The van der Waals surface area contributed by atoms with Crippen LogP contribution in [0.4, 0.5) is 4.39 Å². The number of halogens is 1. The average molecular weight is 275 g/mol. The molecule has 1 heterocycles. The molecule has 2 aromatic rings. The Morgan fingerprint density at radius 1 is 1.40 bits per heavy atom. The molecule has 4 nitrogen and oxygen atoms in total. The van der Waals surface area contributed by atoms with Gasteiger partial charge in [-0.2, -0.15) is 5.10 Å². The largest absolute Gasteiger partial charge is 0.352 e. The number of aromatic amines is 1. The number of carbonyl (C=O) groups is 1. The number of H-pyrrole nitrogens is 1. The molecule has 0 atom stereocenters. The predicted molar refractivity (Wildman–Crippen MR) is 75.1 cm³/mol. The molecule has 1 aromatic heterocycles. The second kappa shape index (κ2) is 6.32. The highest BCUT2D eigenvalue weighted by Gasteiger charge is 2.09. The summed E-state index contributed by atoms with van der Waals surface area (Å²) in [5, 5.41) is 9.64. The van der Waals surface area contributed by atoms with E-state index in [1.807, 2.05) is 6.92 Å². The molecule has 0 saturated carbocycles. The molecule has 106 valence electrons. The summed E-state index contributed by atoms with van der Waals surface area (Å²) < 4.78 is 13.1. The Balaban J connectivity index is 1.83. The van der Waals surface area contributed by atoms with Gasteiger partial charge in [0.05, 0.1) is 6.20 Å². The zero-order valence-electron chi connectivity index (χ0n) is 11.7. The van der Waals surface area contributed by atoms with Crippen LogP contribution in [0.1, 0.15) is 33.6 Å². The van der Waals surface area contributed by atoms with Gasteiger partial charge in [-0.15, -0.1) is 0 Å². The number of aryl methyl sites for hydroxylation is 3. The smallest absolute Gasteiger partial charge is 0.251 e. The topological polar surface area (TPSA) is 57.8 Å². The maximum Gasteiger partial charge on any atom is 0.251 e. The fraction of sp³-hybridized carbons (Fsp3) is 0.333. The maximum atomic E-state index is 13.1. The number of rotatable bonds is 5. The van der Waals surface area contributed by atoms with E-state index in [2.05, 4.69) is 15.5 Å². The van der Waals surface area contributed by atoms with Gasteiger partial charge in [-0.1, -0.05) is 6.07 Å². The van der Waals surface area contributed by atoms with Crippen LogP contribution in [0.5, 0.6) is 0 Å². The van der Waals surface area contributed by atoms with E-state index in [4.69, 9.17) is 0 Å². The molecule has 20 heavy (non-hydrogen) atoms. The van der Waals surface area contributed by atoms with E-state index in [1.165, 1.54) is 12.1 Å². The fourth-order valence-electron chi connectivity index (χ4n) is 2.04. The van der Waals surface area contributed by atoms with Crippen molar-refractivity contribution in [2.24, 2.45) is 0 Å². The number of nitrogens with zero attached hydrogens (tertiary/aromatic N) is 1. The third kappa shape index (κ3) is 3.44. The molecule has 0 unspecified atom stereocenters. The average Bonchev–Trinajstić information content (AvgIpc) is 2.83. The summed E-state index contributed by atoms with van der Waals surface area (Å²) in [4.78, 5) is 11.9. The molecular formula is C15H18FN3O. The zero-order valence-corrected chi connectivity index (χ0v) is 11.7. The van der Waals surface area contributed by atoms with Crippen LogP contribution in [0.25, 0.3) is 0 Å². The molecule has 2 rings (SSSR count). The summed E-state index contributed by atoms with van der Waals surface area (Å²) in [6, 6.07) is 4.23. The highest BCUT2D eigenvalue weighted by molar-refractivity contribution is 5.95. The molecule has 2 N–H and O–H groups in total. The Labute approximate surface area is 117 Å². The lowest BCUT2D eigenvalue weighted by Crippen LogP contribution is -2.25. The maximum absolute atomic E-state index is 13.1. The molecule has 0 aliphatic heterocycles. The van der Waals surface area contributed by atoms with E-state index < -0.39 is 5.82 Å². The monoisotopic (exact) mass is 275 g/mol. The van der Waals surface area contributed by atoms with Gasteiger partial charge in [-0.3, -0.25) is 9.89 Å². The molecule has 0 spiro atoms. The van der Waals surface area contributed by atoms with Crippen molar-refractivity contribution in [3.63, 3.8) is 0 Å². The Morgan fingerprint density at radius 2 is 2.20 bits per heavy atom. The quantitative estimate of drug-likeness (QED) is 0.824. The lowest BCUT2D eigenvalue weighted by atomic mass is 10.1. The molecule has 0 aliphatic rings. The number of amides is 1. The van der Waals surface area contributed by atoms with Gasteiger partial charge < -0.3 is 5.32 Å². The van der Waals surface area contributed by atoms with Crippen molar-refractivity contribution in [1.29, 1.82) is 0 Å². The first-order chi connectivity index (χ1) is 9.58. The molecule has 0 saturated heterocycles. The van der Waals surface area contributed by atoms with Crippen molar-refractivity contribution in [3.05, 3.63) is 52.6 Å². The van der Waals surface area contributed by atoms with Crippen molar-refractivity contribution in [1.82, 2.24) is 15.5 Å². The zero-order chi connectivity index (χ0) is 14.5. The summed E-state index contributed by atoms with van der Waals surface area (Å²) in [6.07, 6.45) is 3.47. The molecule has 1 amide bonds. The normalized spacial score (nSPS) is 10.6. The van der Waals surface area contributed by atoms with Gasteiger partial charge in [0.25, 0.3) is 5.91 Å². The number of nitrogens with one attached hydrogen (secondary N) is 2. The Morgan fingerprint density at radius 3 is 2.90 bits per heavy atom. The van der Waals surface area contributed by atoms with E-state index in [9.17, 15) is 9.18 Å². The Hall–Kier alpha value is -2.17. The minimum atomic E-state index is -0.394. The summed E-state index contributed by atoms with van der Waals surface area (Å²) in [5.74, 6) is -0.624. The minimum absolute atomic E-state index is 0.231. The van der Waals surface area contributed by atoms with E-state index in [0.717, 1.165) is 29.7 Å². The molecule has 0 aliphatic carbocycles. The van der Waals surface area contributed by atoms with Gasteiger partial charge in [-0.05, 0) is 49.9 Å². The third-order valence-corrected chi connectivity index (χ3v) is 3.29. The van der Waals surface area contributed by atoms with Gasteiger partial charge >= 0.3 is 0 Å². The van der Waals surface area contributed by atoms with Crippen LogP contribution in [-0.2, 0) is 6.42 Å². The molecule has 5 heteroatoms. The summed E-state index contributed by atoms with van der Waals surface area (Å²) in [5.41, 5.74) is 3.37. The van der Waals surface area contributed by atoms with E-state index in [-0.39, 0.29) is 5.91 Å². The van der Waals surface area contributed by atoms with Gasteiger partial charge in [0, 0.05) is 17.8 Å². The molecule has 0 bridgehead atoms. The molecular weight excluding hydrogens is 257 g/mol. The summed E-state index contributed by atoms with van der Waals surface area (Å²) in [6.45, 7) is 4.32. The number of hydrogen-bond donors (Lipinski definition) is 2. The van der Waals surface area contributed by atoms with Crippen LogP contribution in [0, 0.1) is 19.7 Å². The summed E-state index contributed by atoms with van der Waals surface area (Å²) in [7, 11) is 0. The minimum Gasteiger partial charge on any atom is -0.352 e. The lowest BCUT2D eigenvalue weighted by Gasteiger charge is -2.07. The highest BCUT2D eigenvalue weighted by Crippen LogP contribution is 2.10. The first kappa shape index (κ1) is 14.2. The fourth-order valence-corrected chi connectivity index (χ4v) is 2.04. The standard InChI is InChI=1S/C15H18FN3O/c1-10-5-6-13(16)8-14(10)15(20)17-7-3-4-12-9-18-19-11(12)2/h5-6,8-9H,3-4,7H2,1-2H3,(H,17,20)(H,18,19). The van der Waals surface area contributed by atoms with Crippen molar-refractivity contribution in [2.75, 3.05) is 6.54 Å². The van der Waals surface area contributed by atoms with Crippen molar-refractivity contribution >= 4 is 5.91 Å². The van der Waals surface area contributed by atoms with E-state index in [1.54, 1.807) is 19.2 Å². The first-order valence-electron chi connectivity index (χ1n) is 6.61. The van der Waals surface area contributed by atoms with Crippen molar-refractivity contribution < 1.29 is 9.18 Å². The van der Waals surface area contributed by atoms with Crippen LogP contribution in [0.15, 0.2) is 24.4 Å². The van der Waals surface area contributed by atoms with Crippen LogP contribution < -0.4 is 5.32 Å². The predicted octanol–water partition coefficient (Wildman–Crippen LogP) is 2.53. The van der Waals surface area contributed by atoms with Gasteiger partial charge in [0.1, 0.15) is 5.82 Å². The SMILES string of the molecule is Cc1ccc(F)cc1C(=O)NCCCc1cn[nH]c1C. The Kier molecular flexibility index (Phi) is 4.50. The van der Waals surface area contributed by atoms with Crippen LogP contribution >= 0.6 is 0 Å². The van der Waals surface area contributed by atoms with Crippen molar-refractivity contribution in [3.8, 4) is 0 Å². The molecule has 0 radical (unpaired) electrons. The van der Waals surface area contributed by atoms with Gasteiger partial charge in [0.2, 0.25) is 0 Å². The van der Waals surface area contributed by atoms with Gasteiger partial charge in [-0.25, -0.2) is 4.39 Å². The van der Waals surface area contributed by atoms with Crippen LogP contribution in [0.3, 0.4) is 0 Å². The number of benzene rings is 1. The van der Waals surface area contributed by atoms with Crippen molar-refractivity contribution in [2.45, 2.75) is 26.7 Å². The number of carbonyl (C=O) groups excluding carboxylic acids is 1. The third-order valence-electron chi connectivity index (χ3n) is 3.29. The number of hydrogen-bond acceptors (Lipinski definition) is 2. The van der Waals surface area contributed by atoms with E-state index >= 15 is 0 Å². The summed E-state index contributed by atoms with van der Waals surface area (Å²) >= 11 is 0. The highest BCUT2D eigenvalue weighted by atomic mass is 19.1. The molecule has 0 fully saturated rings. The first-order valence-corrected chi connectivity index (χ1v) is 6.61. The van der Waals surface area contributed by atoms with Crippen LogP contribution in [0.2, 0.25) is 0 Å².